The summed E-state index contributed by atoms with van der Waals surface area (Å²) in [5, 5.41) is 2.99. The molecule has 0 radical (unpaired) electrons. The summed E-state index contributed by atoms with van der Waals surface area (Å²) < 4.78 is 5.16. The van der Waals surface area contributed by atoms with Crippen molar-refractivity contribution in [3.63, 3.8) is 0 Å². The van der Waals surface area contributed by atoms with Gasteiger partial charge in [-0.3, -0.25) is 9.59 Å². The van der Waals surface area contributed by atoms with E-state index in [1.54, 1.807) is 13.2 Å². The summed E-state index contributed by atoms with van der Waals surface area (Å²) in [4.78, 5) is 26.6. The lowest BCUT2D eigenvalue weighted by Crippen LogP contribution is -2.33. The minimum absolute atomic E-state index is 0.0713. The monoisotopic (exact) mass is 298 g/mol. The van der Waals surface area contributed by atoms with Crippen molar-refractivity contribution in [3.05, 3.63) is 64.1 Å². The lowest BCUT2D eigenvalue weighted by atomic mass is 10.0. The van der Waals surface area contributed by atoms with Crippen molar-refractivity contribution in [1.29, 1.82) is 0 Å². The molecule has 2 aromatic rings. The maximum absolute atomic E-state index is 12.3. The molecule has 1 aromatic carbocycles. The van der Waals surface area contributed by atoms with Gasteiger partial charge in [0, 0.05) is 6.20 Å². The van der Waals surface area contributed by atoms with Crippen LogP contribution in [0.1, 0.15) is 34.8 Å². The highest BCUT2D eigenvalue weighted by molar-refractivity contribution is 5.94. The quantitative estimate of drug-likeness (QED) is 0.889. The Morgan fingerprint density at radius 1 is 1.27 bits per heavy atom. The highest BCUT2D eigenvalue weighted by atomic mass is 16.5. The van der Waals surface area contributed by atoms with Crippen LogP contribution in [0.5, 0.6) is 5.75 Å². The van der Waals surface area contributed by atoms with E-state index in [4.69, 9.17) is 4.74 Å². The zero-order chi connectivity index (χ0) is 15.5. The molecule has 0 saturated heterocycles. The number of hydrogen-bond acceptors (Lipinski definition) is 3. The first-order valence-electron chi connectivity index (χ1n) is 7.31. The Labute approximate surface area is 128 Å². The lowest BCUT2D eigenvalue weighted by molar-refractivity contribution is 0.0930. The number of carbonyl (C=O) groups is 1. The molecule has 5 nitrogen and oxygen atoms in total. The lowest BCUT2D eigenvalue weighted by Gasteiger charge is -2.19. The summed E-state index contributed by atoms with van der Waals surface area (Å²) in [6.07, 6.45) is 3.69. The summed E-state index contributed by atoms with van der Waals surface area (Å²) >= 11 is 0. The van der Waals surface area contributed by atoms with E-state index < -0.39 is 0 Å². The minimum atomic E-state index is -0.371. The maximum atomic E-state index is 12.3. The number of hydrogen-bond donors (Lipinski definition) is 2. The summed E-state index contributed by atoms with van der Waals surface area (Å²) in [5.41, 5.74) is 0.801. The largest absolute Gasteiger partial charge is 0.497 e. The number of H-pyrrole nitrogens is 1. The van der Waals surface area contributed by atoms with Gasteiger partial charge in [-0.15, -0.1) is 0 Å². The van der Waals surface area contributed by atoms with E-state index in [0.717, 1.165) is 24.2 Å². The molecular formula is C17H18N2O3. The number of benzene rings is 1. The molecule has 1 fully saturated rings. The van der Waals surface area contributed by atoms with Crippen LogP contribution in [0, 0.1) is 5.92 Å². The fourth-order valence-electron chi connectivity index (χ4n) is 2.53. The van der Waals surface area contributed by atoms with Gasteiger partial charge >= 0.3 is 0 Å². The number of methoxy groups -OCH3 is 1. The highest BCUT2D eigenvalue weighted by Gasteiger charge is 2.33. The molecule has 0 spiro atoms. The number of aromatic nitrogens is 1. The van der Waals surface area contributed by atoms with Gasteiger partial charge in [-0.1, -0.05) is 12.1 Å². The SMILES string of the molecule is COc1ccc(C(NC(=O)c2ccc[nH]c2=O)C2CC2)cc1. The van der Waals surface area contributed by atoms with Crippen molar-refractivity contribution < 1.29 is 9.53 Å². The van der Waals surface area contributed by atoms with Crippen molar-refractivity contribution >= 4 is 5.91 Å². The third-order valence-electron chi connectivity index (χ3n) is 3.92. The first-order valence-corrected chi connectivity index (χ1v) is 7.31. The van der Waals surface area contributed by atoms with E-state index in [2.05, 4.69) is 10.3 Å². The summed E-state index contributed by atoms with van der Waals surface area (Å²) in [6, 6.07) is 10.8. The Hall–Kier alpha value is -2.56. The van der Waals surface area contributed by atoms with Crippen LogP contribution >= 0.6 is 0 Å². The normalized spacial score (nSPS) is 15.1. The van der Waals surface area contributed by atoms with Crippen molar-refractivity contribution in [3.8, 4) is 5.75 Å². The molecule has 5 heteroatoms. The Bertz CT molecular complexity index is 717. The molecule has 1 amide bonds. The summed E-state index contributed by atoms with van der Waals surface area (Å²) in [7, 11) is 1.62. The maximum Gasteiger partial charge on any atom is 0.260 e. The van der Waals surface area contributed by atoms with Crippen LogP contribution < -0.4 is 15.6 Å². The van der Waals surface area contributed by atoms with Crippen LogP contribution in [-0.4, -0.2) is 18.0 Å². The molecule has 1 aliphatic rings. The Balaban J connectivity index is 1.81. The second kappa shape index (κ2) is 6.05. The molecule has 0 aliphatic heterocycles. The summed E-state index contributed by atoms with van der Waals surface area (Å²) in [6.45, 7) is 0. The molecule has 1 saturated carbocycles. The van der Waals surface area contributed by atoms with Crippen LogP contribution in [0.2, 0.25) is 0 Å². The molecule has 2 N–H and O–H groups in total. The third kappa shape index (κ3) is 3.03. The van der Waals surface area contributed by atoms with Gasteiger partial charge in [0.2, 0.25) is 0 Å². The van der Waals surface area contributed by atoms with Crippen LogP contribution in [0.25, 0.3) is 0 Å². The number of nitrogens with one attached hydrogen (secondary N) is 2. The Kier molecular flexibility index (Phi) is 3.96. The van der Waals surface area contributed by atoms with Gasteiger partial charge in [0.15, 0.2) is 0 Å². The number of pyridine rings is 1. The van der Waals surface area contributed by atoms with E-state index in [-0.39, 0.29) is 23.1 Å². The average molecular weight is 298 g/mol. The van der Waals surface area contributed by atoms with Gasteiger partial charge in [0.25, 0.3) is 11.5 Å². The molecule has 22 heavy (non-hydrogen) atoms. The molecule has 114 valence electrons. The number of ether oxygens (including phenoxy) is 1. The second-order valence-electron chi connectivity index (χ2n) is 5.47. The van der Waals surface area contributed by atoms with Crippen molar-refractivity contribution in [2.24, 2.45) is 5.92 Å². The van der Waals surface area contributed by atoms with E-state index in [9.17, 15) is 9.59 Å². The van der Waals surface area contributed by atoms with E-state index >= 15 is 0 Å². The van der Waals surface area contributed by atoms with Gasteiger partial charge in [0.1, 0.15) is 11.3 Å². The highest BCUT2D eigenvalue weighted by Crippen LogP contribution is 2.41. The van der Waals surface area contributed by atoms with Gasteiger partial charge in [-0.2, -0.15) is 0 Å². The minimum Gasteiger partial charge on any atom is -0.497 e. The Morgan fingerprint density at radius 2 is 2.00 bits per heavy atom. The molecule has 1 atom stereocenters. The molecule has 0 bridgehead atoms. The molecule has 1 aromatic heterocycles. The first kappa shape index (κ1) is 14.4. The topological polar surface area (TPSA) is 71.2 Å². The van der Waals surface area contributed by atoms with Crippen LogP contribution in [-0.2, 0) is 0 Å². The third-order valence-corrected chi connectivity index (χ3v) is 3.92. The average Bonchev–Trinajstić information content (AvgIpc) is 3.38. The van der Waals surface area contributed by atoms with E-state index in [0.29, 0.717) is 5.92 Å². The molecular weight excluding hydrogens is 280 g/mol. The smallest absolute Gasteiger partial charge is 0.260 e. The van der Waals surface area contributed by atoms with Crippen LogP contribution in [0.3, 0.4) is 0 Å². The number of aromatic amines is 1. The van der Waals surface area contributed by atoms with Gasteiger partial charge in [0.05, 0.1) is 13.2 Å². The number of amides is 1. The molecule has 1 heterocycles. The number of rotatable bonds is 5. The van der Waals surface area contributed by atoms with E-state index in [1.807, 2.05) is 24.3 Å². The van der Waals surface area contributed by atoms with Crippen molar-refractivity contribution in [1.82, 2.24) is 10.3 Å². The van der Waals surface area contributed by atoms with Crippen molar-refractivity contribution in [2.45, 2.75) is 18.9 Å². The molecule has 1 aliphatic carbocycles. The van der Waals surface area contributed by atoms with Crippen LogP contribution in [0.15, 0.2) is 47.4 Å². The van der Waals surface area contributed by atoms with Gasteiger partial charge in [-0.25, -0.2) is 0 Å². The summed E-state index contributed by atoms with van der Waals surface area (Å²) in [5.74, 6) is 0.874. The van der Waals surface area contributed by atoms with Crippen molar-refractivity contribution in [2.75, 3.05) is 7.11 Å². The fraction of sp³-hybridized carbons (Fsp3) is 0.294. The number of carbonyl (C=O) groups excluding carboxylic acids is 1. The van der Waals surface area contributed by atoms with Gasteiger partial charge < -0.3 is 15.0 Å². The zero-order valence-electron chi connectivity index (χ0n) is 12.3. The Morgan fingerprint density at radius 3 is 2.59 bits per heavy atom. The molecule has 1 unspecified atom stereocenters. The first-order chi connectivity index (χ1) is 10.7. The predicted octanol–water partition coefficient (Wildman–Crippen LogP) is 2.26. The van der Waals surface area contributed by atoms with Crippen LogP contribution in [0.4, 0.5) is 0 Å². The second-order valence-corrected chi connectivity index (χ2v) is 5.47. The predicted molar refractivity (Wildman–Crippen MR) is 83.0 cm³/mol. The zero-order valence-corrected chi connectivity index (χ0v) is 12.3. The van der Waals surface area contributed by atoms with Gasteiger partial charge in [-0.05, 0) is 48.6 Å². The molecule has 3 rings (SSSR count). The standard InChI is InChI=1S/C17H18N2O3/c1-22-13-8-6-12(7-9-13)15(11-4-5-11)19-17(21)14-3-2-10-18-16(14)20/h2-3,6-11,15H,4-5H2,1H3,(H,18,20)(H,19,21). The fourth-order valence-corrected chi connectivity index (χ4v) is 2.53. The van der Waals surface area contributed by atoms with E-state index in [1.165, 1.54) is 12.3 Å².